The van der Waals surface area contributed by atoms with E-state index in [1.165, 1.54) is 4.90 Å². The van der Waals surface area contributed by atoms with Crippen molar-refractivity contribution in [3.8, 4) is 11.4 Å². The number of hydrogen-bond donors (Lipinski definition) is 0. The molecule has 0 spiro atoms. The van der Waals surface area contributed by atoms with E-state index in [-0.39, 0.29) is 30.6 Å². The smallest absolute Gasteiger partial charge is 0.331 e. The Balaban J connectivity index is 1.79. The Labute approximate surface area is 188 Å². The summed E-state index contributed by atoms with van der Waals surface area (Å²) in [5, 5.41) is 4.57. The highest BCUT2D eigenvalue weighted by atomic mass is 16.5. The van der Waals surface area contributed by atoms with Crippen molar-refractivity contribution in [1.29, 1.82) is 0 Å². The SMILES string of the molecule is COc1ccc(-n2ncc3c2N(CC(=O)N(C(C)C)C(C)C)C(=O)N2CCCN=C32)cc1. The van der Waals surface area contributed by atoms with Crippen molar-refractivity contribution in [1.82, 2.24) is 19.6 Å². The molecule has 2 aliphatic heterocycles. The van der Waals surface area contributed by atoms with E-state index in [0.717, 1.165) is 23.4 Å². The number of carbonyl (C=O) groups excluding carboxylic acids is 2. The average molecular weight is 439 g/mol. The topological polar surface area (TPSA) is 83.3 Å². The molecule has 3 amide bonds. The number of hydrogen-bond acceptors (Lipinski definition) is 5. The summed E-state index contributed by atoms with van der Waals surface area (Å²) < 4.78 is 6.96. The van der Waals surface area contributed by atoms with Gasteiger partial charge in [-0.2, -0.15) is 5.10 Å². The lowest BCUT2D eigenvalue weighted by atomic mass is 10.1. The van der Waals surface area contributed by atoms with Gasteiger partial charge in [-0.1, -0.05) is 0 Å². The van der Waals surface area contributed by atoms with Crippen LogP contribution in [0.25, 0.3) is 5.69 Å². The molecule has 0 unspecified atom stereocenters. The van der Waals surface area contributed by atoms with Crippen molar-refractivity contribution < 1.29 is 14.3 Å². The van der Waals surface area contributed by atoms with Crippen molar-refractivity contribution in [3.63, 3.8) is 0 Å². The molecule has 32 heavy (non-hydrogen) atoms. The Kier molecular flexibility index (Phi) is 5.90. The predicted octanol–water partition coefficient (Wildman–Crippen LogP) is 2.92. The third-order valence-electron chi connectivity index (χ3n) is 5.77. The number of nitrogens with zero attached hydrogens (tertiary/aromatic N) is 6. The maximum absolute atomic E-state index is 13.5. The summed E-state index contributed by atoms with van der Waals surface area (Å²) in [6, 6.07) is 7.24. The van der Waals surface area contributed by atoms with E-state index in [9.17, 15) is 9.59 Å². The van der Waals surface area contributed by atoms with Gasteiger partial charge in [-0.15, -0.1) is 0 Å². The highest BCUT2D eigenvalue weighted by Gasteiger charge is 2.41. The van der Waals surface area contributed by atoms with E-state index in [1.807, 2.05) is 52.0 Å². The molecule has 0 saturated heterocycles. The first-order valence-corrected chi connectivity index (χ1v) is 11.0. The molecule has 1 aromatic carbocycles. The van der Waals surface area contributed by atoms with Crippen LogP contribution in [0.4, 0.5) is 10.6 Å². The number of aliphatic imine (C=N–C) groups is 1. The van der Waals surface area contributed by atoms with Crippen molar-refractivity contribution in [2.75, 3.05) is 31.6 Å². The second-order valence-electron chi connectivity index (χ2n) is 8.56. The molecule has 0 radical (unpaired) electrons. The van der Waals surface area contributed by atoms with Crippen molar-refractivity contribution in [3.05, 3.63) is 36.0 Å². The van der Waals surface area contributed by atoms with Crippen LogP contribution in [0.5, 0.6) is 5.75 Å². The highest BCUT2D eigenvalue weighted by Crippen LogP contribution is 2.33. The Hall–Kier alpha value is -3.36. The summed E-state index contributed by atoms with van der Waals surface area (Å²) in [4.78, 5) is 36.5. The number of methoxy groups -OCH3 is 1. The van der Waals surface area contributed by atoms with Crippen LogP contribution in [0.2, 0.25) is 0 Å². The number of amides is 3. The zero-order chi connectivity index (χ0) is 23.0. The van der Waals surface area contributed by atoms with Crippen LogP contribution in [-0.4, -0.2) is 76.2 Å². The number of fused-ring (bicyclic) bond motifs is 3. The molecule has 9 heteroatoms. The minimum absolute atomic E-state index is 0.0282. The molecule has 2 aromatic rings. The molecule has 0 bridgehead atoms. The van der Waals surface area contributed by atoms with E-state index < -0.39 is 0 Å². The number of amidine groups is 1. The minimum atomic E-state index is -0.243. The van der Waals surface area contributed by atoms with Gasteiger partial charge in [-0.25, -0.2) is 9.48 Å². The fourth-order valence-corrected chi connectivity index (χ4v) is 4.46. The number of carbonyl (C=O) groups is 2. The van der Waals surface area contributed by atoms with E-state index in [1.54, 1.807) is 27.8 Å². The van der Waals surface area contributed by atoms with Gasteiger partial charge in [0.1, 0.15) is 18.1 Å². The lowest BCUT2D eigenvalue weighted by Crippen LogP contribution is -2.57. The zero-order valence-electron chi connectivity index (χ0n) is 19.3. The van der Waals surface area contributed by atoms with Crippen molar-refractivity contribution >= 4 is 23.6 Å². The molecule has 4 rings (SSSR count). The summed E-state index contributed by atoms with van der Waals surface area (Å²) in [5.41, 5.74) is 1.53. The second kappa shape index (κ2) is 8.64. The summed E-state index contributed by atoms with van der Waals surface area (Å²) in [6.45, 7) is 9.12. The molecule has 0 saturated carbocycles. The average Bonchev–Trinajstić information content (AvgIpc) is 3.21. The van der Waals surface area contributed by atoms with Gasteiger partial charge in [0.05, 0.1) is 24.6 Å². The Bertz CT molecular complexity index is 1030. The third kappa shape index (κ3) is 3.72. The van der Waals surface area contributed by atoms with Crippen LogP contribution < -0.4 is 9.64 Å². The van der Waals surface area contributed by atoms with Crippen LogP contribution in [0.3, 0.4) is 0 Å². The number of benzene rings is 1. The Morgan fingerprint density at radius 3 is 2.47 bits per heavy atom. The van der Waals surface area contributed by atoms with Crippen LogP contribution >= 0.6 is 0 Å². The first-order chi connectivity index (χ1) is 15.3. The van der Waals surface area contributed by atoms with Gasteiger partial charge in [0.25, 0.3) is 0 Å². The van der Waals surface area contributed by atoms with Gasteiger partial charge in [-0.05, 0) is 58.4 Å². The van der Waals surface area contributed by atoms with E-state index >= 15 is 0 Å². The second-order valence-corrected chi connectivity index (χ2v) is 8.56. The van der Waals surface area contributed by atoms with Crippen LogP contribution in [0.1, 0.15) is 39.7 Å². The molecular weight excluding hydrogens is 408 g/mol. The summed E-state index contributed by atoms with van der Waals surface area (Å²) in [6.07, 6.45) is 2.52. The first-order valence-electron chi connectivity index (χ1n) is 11.0. The zero-order valence-corrected chi connectivity index (χ0v) is 19.3. The normalized spacial score (nSPS) is 15.6. The van der Waals surface area contributed by atoms with Gasteiger partial charge in [0.2, 0.25) is 5.91 Å². The largest absolute Gasteiger partial charge is 0.497 e. The number of anilines is 1. The molecule has 9 nitrogen and oxygen atoms in total. The molecule has 1 aromatic heterocycles. The monoisotopic (exact) mass is 438 g/mol. The standard InChI is InChI=1S/C23H30N6O3/c1-15(2)28(16(3)4)20(30)14-27-22-19(21-24-11-6-12-26(21)23(27)31)13-25-29(22)17-7-9-18(32-5)10-8-17/h7-10,13,15-16H,6,11-12,14H2,1-5H3. The van der Waals surface area contributed by atoms with Gasteiger partial charge in [-0.3, -0.25) is 19.6 Å². The van der Waals surface area contributed by atoms with Crippen molar-refractivity contribution in [2.24, 2.45) is 4.99 Å². The summed E-state index contributed by atoms with van der Waals surface area (Å²) >= 11 is 0. The number of urea groups is 1. The van der Waals surface area contributed by atoms with Crippen molar-refractivity contribution in [2.45, 2.75) is 46.2 Å². The van der Waals surface area contributed by atoms with Crippen LogP contribution in [0.15, 0.2) is 35.5 Å². The molecule has 0 aliphatic carbocycles. The van der Waals surface area contributed by atoms with E-state index in [4.69, 9.17) is 4.74 Å². The molecule has 170 valence electrons. The number of aromatic nitrogens is 2. The van der Waals surface area contributed by atoms with Gasteiger partial charge in [0, 0.05) is 25.2 Å². The molecule has 2 aliphatic rings. The Morgan fingerprint density at radius 1 is 1.16 bits per heavy atom. The van der Waals surface area contributed by atoms with Crippen LogP contribution in [-0.2, 0) is 4.79 Å². The van der Waals surface area contributed by atoms with Gasteiger partial charge in [0.15, 0.2) is 5.82 Å². The molecule has 0 N–H and O–H groups in total. The quantitative estimate of drug-likeness (QED) is 0.694. The molecule has 0 atom stereocenters. The molecule has 3 heterocycles. The predicted molar refractivity (Wildman–Crippen MR) is 123 cm³/mol. The Morgan fingerprint density at radius 2 is 1.84 bits per heavy atom. The van der Waals surface area contributed by atoms with E-state index in [0.29, 0.717) is 24.7 Å². The maximum Gasteiger partial charge on any atom is 0.331 e. The fourth-order valence-electron chi connectivity index (χ4n) is 4.46. The van der Waals surface area contributed by atoms with Crippen LogP contribution in [0, 0.1) is 0 Å². The lowest BCUT2D eigenvalue weighted by molar-refractivity contribution is -0.133. The minimum Gasteiger partial charge on any atom is -0.497 e. The lowest BCUT2D eigenvalue weighted by Gasteiger charge is -2.39. The summed E-state index contributed by atoms with van der Waals surface area (Å²) in [5.74, 6) is 1.82. The third-order valence-corrected chi connectivity index (χ3v) is 5.77. The summed E-state index contributed by atoms with van der Waals surface area (Å²) in [7, 11) is 1.61. The van der Waals surface area contributed by atoms with Gasteiger partial charge < -0.3 is 9.64 Å². The highest BCUT2D eigenvalue weighted by molar-refractivity contribution is 6.19. The van der Waals surface area contributed by atoms with Gasteiger partial charge >= 0.3 is 6.03 Å². The van der Waals surface area contributed by atoms with E-state index in [2.05, 4.69) is 10.1 Å². The molecular formula is C23H30N6O3. The maximum atomic E-state index is 13.5. The fraction of sp³-hybridized carbons (Fsp3) is 0.478. The first kappa shape index (κ1) is 21.9. The molecule has 0 fully saturated rings. The number of rotatable bonds is 6. The number of ether oxygens (including phenoxy) is 1.